The van der Waals surface area contributed by atoms with Crippen molar-refractivity contribution in [3.63, 3.8) is 0 Å². The van der Waals surface area contributed by atoms with Crippen molar-refractivity contribution in [3.8, 4) is 11.1 Å². The van der Waals surface area contributed by atoms with Crippen LogP contribution in [0.25, 0.3) is 11.1 Å². The highest BCUT2D eigenvalue weighted by Gasteiger charge is 2.24. The number of carbonyl (C=O) groups excluding carboxylic acids is 3. The summed E-state index contributed by atoms with van der Waals surface area (Å²) in [6.07, 6.45) is 3.38. The van der Waals surface area contributed by atoms with Crippen molar-refractivity contribution >= 4 is 23.4 Å². The Kier molecular flexibility index (Phi) is 8.56. The zero-order chi connectivity index (χ0) is 26.2. The Morgan fingerprint density at radius 3 is 2.24 bits per heavy atom. The predicted octanol–water partition coefficient (Wildman–Crippen LogP) is 4.93. The van der Waals surface area contributed by atoms with E-state index in [1.54, 1.807) is 41.6 Å². The van der Waals surface area contributed by atoms with E-state index in [1.165, 1.54) is 0 Å². The number of carbonyl (C=O) groups is 3. The molecule has 2 heterocycles. The number of aromatic nitrogens is 1. The lowest BCUT2D eigenvalue weighted by Gasteiger charge is -2.33. The highest BCUT2D eigenvalue weighted by Crippen LogP contribution is 2.26. The summed E-state index contributed by atoms with van der Waals surface area (Å²) in [5.41, 5.74) is 3.80. The third kappa shape index (κ3) is 6.75. The number of likely N-dealkylation sites (tertiary alicyclic amines) is 1. The molecule has 0 atom stereocenters. The summed E-state index contributed by atoms with van der Waals surface area (Å²) >= 11 is 0. The molecule has 0 radical (unpaired) electrons. The maximum Gasteiger partial charge on any atom is 0.324 e. The molecule has 192 valence electrons. The Morgan fingerprint density at radius 1 is 0.919 bits per heavy atom. The van der Waals surface area contributed by atoms with Crippen LogP contribution >= 0.6 is 0 Å². The first-order valence-corrected chi connectivity index (χ1v) is 12.2. The quantitative estimate of drug-likeness (QED) is 0.440. The topological polar surface area (TPSA) is 82.6 Å². The summed E-state index contributed by atoms with van der Waals surface area (Å²) in [7, 11) is 0. The fraction of sp³-hybridized carbons (Fsp3) is 0.286. The minimum atomic E-state index is -3.17. The third-order valence-corrected chi connectivity index (χ3v) is 6.27. The molecule has 37 heavy (non-hydrogen) atoms. The average Bonchev–Trinajstić information content (AvgIpc) is 2.95. The standard InChI is InChI=1S/C28H28F2N4O3/c29-26(30)27(36)32-18-25(35)22-8-6-20(7-9-22)19-34(28(37)33-15-2-1-3-16-33)24-12-10-21(11-13-24)23-5-4-14-31-17-23/h4-14,17,26H,1-3,15-16,18-19H2,(H,32,36). The molecule has 1 N–H and O–H groups in total. The molecule has 0 spiro atoms. The molecule has 0 aliphatic carbocycles. The smallest absolute Gasteiger partial charge is 0.324 e. The van der Waals surface area contributed by atoms with Crippen LogP contribution in [0.15, 0.2) is 73.1 Å². The second kappa shape index (κ2) is 12.2. The molecule has 3 amide bonds. The van der Waals surface area contributed by atoms with Crippen molar-refractivity contribution in [2.75, 3.05) is 24.5 Å². The Hall–Kier alpha value is -4.14. The molecule has 1 saturated heterocycles. The van der Waals surface area contributed by atoms with E-state index < -0.39 is 24.7 Å². The van der Waals surface area contributed by atoms with E-state index in [9.17, 15) is 23.2 Å². The van der Waals surface area contributed by atoms with Crippen molar-refractivity contribution in [2.45, 2.75) is 32.2 Å². The van der Waals surface area contributed by atoms with Crippen LogP contribution in [0.2, 0.25) is 0 Å². The van der Waals surface area contributed by atoms with Crippen LogP contribution in [0, 0.1) is 0 Å². The number of nitrogens with zero attached hydrogens (tertiary/aromatic N) is 3. The van der Waals surface area contributed by atoms with Gasteiger partial charge in [0.1, 0.15) is 0 Å². The lowest BCUT2D eigenvalue weighted by atomic mass is 10.1. The number of benzene rings is 2. The SMILES string of the molecule is O=C(CNC(=O)C(F)F)c1ccc(CN(C(=O)N2CCCCC2)c2ccc(-c3cccnc3)cc2)cc1. The minimum Gasteiger partial charge on any atom is -0.344 e. The second-order valence-electron chi connectivity index (χ2n) is 8.84. The largest absolute Gasteiger partial charge is 0.344 e. The number of urea groups is 1. The molecule has 4 rings (SSSR count). The number of amides is 3. The van der Waals surface area contributed by atoms with Crippen molar-refractivity contribution in [1.82, 2.24) is 15.2 Å². The van der Waals surface area contributed by atoms with E-state index >= 15 is 0 Å². The maximum absolute atomic E-state index is 13.5. The normalized spacial score (nSPS) is 13.3. The molecule has 7 nitrogen and oxygen atoms in total. The summed E-state index contributed by atoms with van der Waals surface area (Å²) in [4.78, 5) is 44.6. The van der Waals surface area contributed by atoms with Gasteiger partial charge < -0.3 is 10.2 Å². The molecule has 3 aromatic rings. The van der Waals surface area contributed by atoms with Gasteiger partial charge in [0.15, 0.2) is 5.78 Å². The highest BCUT2D eigenvalue weighted by molar-refractivity contribution is 5.99. The van der Waals surface area contributed by atoms with Crippen molar-refractivity contribution < 1.29 is 23.2 Å². The van der Waals surface area contributed by atoms with E-state index in [0.29, 0.717) is 13.1 Å². The number of alkyl halides is 2. The number of Topliss-reactive ketones (excluding diaryl/α,β-unsaturated/α-hetero) is 1. The van der Waals surface area contributed by atoms with Gasteiger partial charge in [-0.2, -0.15) is 8.78 Å². The number of hydrogen-bond acceptors (Lipinski definition) is 4. The fourth-order valence-corrected chi connectivity index (χ4v) is 4.22. The summed E-state index contributed by atoms with van der Waals surface area (Å²) in [6, 6.07) is 18.1. The number of pyridine rings is 1. The first-order valence-electron chi connectivity index (χ1n) is 12.2. The molecule has 2 aromatic carbocycles. The minimum absolute atomic E-state index is 0.0799. The van der Waals surface area contributed by atoms with E-state index in [2.05, 4.69) is 4.98 Å². The van der Waals surface area contributed by atoms with Crippen LogP contribution < -0.4 is 10.2 Å². The third-order valence-electron chi connectivity index (χ3n) is 6.27. The maximum atomic E-state index is 13.5. The predicted molar refractivity (Wildman–Crippen MR) is 136 cm³/mol. The van der Waals surface area contributed by atoms with Crippen molar-refractivity contribution in [1.29, 1.82) is 0 Å². The van der Waals surface area contributed by atoms with Gasteiger partial charge in [-0.05, 0) is 54.2 Å². The van der Waals surface area contributed by atoms with Crippen LogP contribution in [0.5, 0.6) is 0 Å². The monoisotopic (exact) mass is 506 g/mol. The number of anilines is 1. The lowest BCUT2D eigenvalue weighted by molar-refractivity contribution is -0.131. The van der Waals surface area contributed by atoms with Crippen molar-refractivity contribution in [3.05, 3.63) is 84.2 Å². The van der Waals surface area contributed by atoms with Gasteiger partial charge in [0, 0.05) is 36.7 Å². The molecule has 1 aromatic heterocycles. The molecule has 1 aliphatic heterocycles. The van der Waals surface area contributed by atoms with Gasteiger partial charge in [0.2, 0.25) is 0 Å². The van der Waals surface area contributed by atoms with E-state index in [-0.39, 0.29) is 18.1 Å². The summed E-state index contributed by atoms with van der Waals surface area (Å²) in [5, 5.41) is 1.92. The van der Waals surface area contributed by atoms with Gasteiger partial charge >= 0.3 is 12.5 Å². The summed E-state index contributed by atoms with van der Waals surface area (Å²) in [5.74, 6) is -1.96. The summed E-state index contributed by atoms with van der Waals surface area (Å²) < 4.78 is 24.7. The van der Waals surface area contributed by atoms with Gasteiger partial charge in [-0.25, -0.2) is 4.79 Å². The Balaban J connectivity index is 1.51. The molecule has 9 heteroatoms. The fourth-order valence-electron chi connectivity index (χ4n) is 4.22. The van der Waals surface area contributed by atoms with Crippen LogP contribution in [0.4, 0.5) is 19.3 Å². The van der Waals surface area contributed by atoms with Crippen LogP contribution in [0.1, 0.15) is 35.2 Å². The van der Waals surface area contributed by atoms with Crippen LogP contribution in [-0.4, -0.2) is 53.7 Å². The molecule has 0 unspecified atom stereocenters. The van der Waals surface area contributed by atoms with E-state index in [4.69, 9.17) is 0 Å². The molecule has 0 bridgehead atoms. The number of nitrogens with one attached hydrogen (secondary N) is 1. The zero-order valence-corrected chi connectivity index (χ0v) is 20.3. The van der Waals surface area contributed by atoms with E-state index in [1.807, 2.05) is 46.6 Å². The van der Waals surface area contributed by atoms with Gasteiger partial charge in [-0.1, -0.05) is 42.5 Å². The number of ketones is 1. The second-order valence-corrected chi connectivity index (χ2v) is 8.84. The van der Waals surface area contributed by atoms with Crippen LogP contribution in [0.3, 0.4) is 0 Å². The molecule has 0 saturated carbocycles. The van der Waals surface area contributed by atoms with Gasteiger partial charge in [0.25, 0.3) is 5.91 Å². The van der Waals surface area contributed by atoms with Gasteiger partial charge in [0.05, 0.1) is 13.1 Å². The molecule has 1 fully saturated rings. The van der Waals surface area contributed by atoms with Crippen LogP contribution in [-0.2, 0) is 11.3 Å². The Morgan fingerprint density at radius 2 is 1.62 bits per heavy atom. The number of hydrogen-bond donors (Lipinski definition) is 1. The Bertz CT molecular complexity index is 1210. The number of rotatable bonds is 8. The van der Waals surface area contributed by atoms with Crippen molar-refractivity contribution in [2.24, 2.45) is 0 Å². The summed E-state index contributed by atoms with van der Waals surface area (Å²) in [6.45, 7) is 1.20. The number of piperidine rings is 1. The number of halogens is 2. The molecular formula is C28H28F2N4O3. The average molecular weight is 507 g/mol. The van der Waals surface area contributed by atoms with Gasteiger partial charge in [-0.15, -0.1) is 0 Å². The molecule has 1 aliphatic rings. The van der Waals surface area contributed by atoms with Gasteiger partial charge in [-0.3, -0.25) is 19.5 Å². The first kappa shape index (κ1) is 25.9. The highest BCUT2D eigenvalue weighted by atomic mass is 19.3. The molecular weight excluding hydrogens is 478 g/mol. The first-order chi connectivity index (χ1) is 17.9. The zero-order valence-electron chi connectivity index (χ0n) is 20.3. The van der Waals surface area contributed by atoms with E-state index in [0.717, 1.165) is 41.6 Å². The Labute approximate surface area is 214 Å². The lowest BCUT2D eigenvalue weighted by Crippen LogP contribution is -2.45.